The second-order valence-corrected chi connectivity index (χ2v) is 4.98. The van der Waals surface area contributed by atoms with Gasteiger partial charge in [-0.05, 0) is 26.8 Å². The fourth-order valence-electron chi connectivity index (χ4n) is 1.88. The molecule has 0 aliphatic heterocycles. The molecule has 0 aliphatic carbocycles. The summed E-state index contributed by atoms with van der Waals surface area (Å²) in [6.45, 7) is 5.38. The third-order valence-corrected chi connectivity index (χ3v) is 2.86. The van der Waals surface area contributed by atoms with Crippen molar-refractivity contribution in [1.29, 1.82) is 0 Å². The van der Waals surface area contributed by atoms with Gasteiger partial charge in [0.2, 0.25) is 5.91 Å². The molecule has 0 bridgehead atoms. The van der Waals surface area contributed by atoms with Crippen molar-refractivity contribution in [2.45, 2.75) is 32.9 Å². The number of nitrogens with one attached hydrogen (secondary N) is 3. The maximum Gasteiger partial charge on any atom is 0.273 e. The van der Waals surface area contributed by atoms with E-state index in [1.807, 2.05) is 38.1 Å². The molecule has 3 N–H and O–H groups in total. The summed E-state index contributed by atoms with van der Waals surface area (Å²) in [6, 6.07) is 6.78. The highest BCUT2D eigenvalue weighted by molar-refractivity contribution is 6.05. The van der Waals surface area contributed by atoms with Gasteiger partial charge in [0, 0.05) is 11.4 Å². The summed E-state index contributed by atoms with van der Waals surface area (Å²) in [5, 5.41) is 12.9. The van der Waals surface area contributed by atoms with Gasteiger partial charge in [0.1, 0.15) is 6.04 Å². The summed E-state index contributed by atoms with van der Waals surface area (Å²) in [4.78, 5) is 23.9. The molecule has 2 rings (SSSR count). The summed E-state index contributed by atoms with van der Waals surface area (Å²) in [5.74, 6) is -0.581. The van der Waals surface area contributed by atoms with Crippen molar-refractivity contribution in [1.82, 2.24) is 20.8 Å². The zero-order chi connectivity index (χ0) is 14.7. The van der Waals surface area contributed by atoms with E-state index in [9.17, 15) is 9.59 Å². The number of nitrogens with zero attached hydrogens (tertiary/aromatic N) is 1. The maximum absolute atomic E-state index is 12.1. The molecule has 1 aromatic carbocycles. The molecule has 1 heterocycles. The quantitative estimate of drug-likeness (QED) is 0.783. The lowest BCUT2D eigenvalue weighted by molar-refractivity contribution is -0.123. The topological polar surface area (TPSA) is 86.9 Å². The molecule has 1 unspecified atom stereocenters. The molecule has 2 amide bonds. The van der Waals surface area contributed by atoms with Crippen LogP contribution in [0, 0.1) is 0 Å². The Bertz CT molecular complexity index is 633. The number of amides is 2. The zero-order valence-corrected chi connectivity index (χ0v) is 11.7. The van der Waals surface area contributed by atoms with Crippen LogP contribution in [0.2, 0.25) is 0 Å². The van der Waals surface area contributed by atoms with E-state index in [1.54, 1.807) is 6.92 Å². The third kappa shape index (κ3) is 2.96. The Kier molecular flexibility index (Phi) is 4.02. The lowest BCUT2D eigenvalue weighted by Crippen LogP contribution is -2.46. The van der Waals surface area contributed by atoms with Crippen molar-refractivity contribution in [3.8, 4) is 0 Å². The van der Waals surface area contributed by atoms with Crippen LogP contribution in [0.3, 0.4) is 0 Å². The molecule has 20 heavy (non-hydrogen) atoms. The largest absolute Gasteiger partial charge is 0.352 e. The number of aromatic nitrogens is 2. The van der Waals surface area contributed by atoms with E-state index in [0.717, 1.165) is 10.9 Å². The van der Waals surface area contributed by atoms with Crippen molar-refractivity contribution in [3.05, 3.63) is 30.0 Å². The number of rotatable bonds is 4. The predicted molar refractivity (Wildman–Crippen MR) is 76.3 cm³/mol. The van der Waals surface area contributed by atoms with Crippen LogP contribution >= 0.6 is 0 Å². The fraction of sp³-hybridized carbons (Fsp3) is 0.357. The first-order chi connectivity index (χ1) is 9.49. The first-order valence-electron chi connectivity index (χ1n) is 6.53. The Morgan fingerprint density at radius 3 is 2.55 bits per heavy atom. The molecule has 0 fully saturated rings. The molecule has 1 atom stereocenters. The highest BCUT2D eigenvalue weighted by Crippen LogP contribution is 2.14. The number of hydrogen-bond donors (Lipinski definition) is 3. The van der Waals surface area contributed by atoms with Gasteiger partial charge in [-0.2, -0.15) is 5.10 Å². The van der Waals surface area contributed by atoms with Gasteiger partial charge in [-0.25, -0.2) is 0 Å². The van der Waals surface area contributed by atoms with Gasteiger partial charge < -0.3 is 10.6 Å². The molecule has 6 nitrogen and oxygen atoms in total. The molecule has 106 valence electrons. The number of carbonyl (C=O) groups excluding carboxylic acids is 2. The number of aromatic amines is 1. The Hall–Kier alpha value is -2.37. The van der Waals surface area contributed by atoms with E-state index < -0.39 is 6.04 Å². The number of carbonyl (C=O) groups is 2. The molecular weight excluding hydrogens is 256 g/mol. The van der Waals surface area contributed by atoms with Gasteiger partial charge >= 0.3 is 0 Å². The molecule has 0 radical (unpaired) electrons. The van der Waals surface area contributed by atoms with E-state index in [1.165, 1.54) is 0 Å². The highest BCUT2D eigenvalue weighted by atomic mass is 16.2. The van der Waals surface area contributed by atoms with Crippen molar-refractivity contribution in [2.75, 3.05) is 0 Å². The van der Waals surface area contributed by atoms with Crippen molar-refractivity contribution in [2.24, 2.45) is 0 Å². The van der Waals surface area contributed by atoms with Gasteiger partial charge in [-0.3, -0.25) is 14.7 Å². The molecule has 1 aromatic heterocycles. The Morgan fingerprint density at radius 1 is 1.15 bits per heavy atom. The van der Waals surface area contributed by atoms with E-state index in [2.05, 4.69) is 20.8 Å². The SMILES string of the molecule is CC(C)NC(=O)C(C)NC(=O)c1n[nH]c2ccccc12. The molecule has 0 aliphatic rings. The van der Waals surface area contributed by atoms with E-state index in [4.69, 9.17) is 0 Å². The lowest BCUT2D eigenvalue weighted by Gasteiger charge is -2.15. The van der Waals surface area contributed by atoms with Crippen molar-refractivity contribution < 1.29 is 9.59 Å². The van der Waals surface area contributed by atoms with Gasteiger partial charge in [0.15, 0.2) is 5.69 Å². The molecule has 6 heteroatoms. The normalized spacial score (nSPS) is 12.4. The minimum atomic E-state index is -0.611. The van der Waals surface area contributed by atoms with Crippen LogP contribution in [-0.4, -0.2) is 34.1 Å². The van der Waals surface area contributed by atoms with Crippen LogP contribution in [0.25, 0.3) is 10.9 Å². The molecule has 2 aromatic rings. The van der Waals surface area contributed by atoms with Crippen molar-refractivity contribution >= 4 is 22.7 Å². The standard InChI is InChI=1S/C14H18N4O2/c1-8(2)15-13(19)9(3)16-14(20)12-10-6-4-5-7-11(10)17-18-12/h4-9H,1-3H3,(H,15,19)(H,16,20)(H,17,18). The summed E-state index contributed by atoms with van der Waals surface area (Å²) in [7, 11) is 0. The van der Waals surface area contributed by atoms with Gasteiger partial charge in [-0.15, -0.1) is 0 Å². The van der Waals surface area contributed by atoms with E-state index in [0.29, 0.717) is 5.69 Å². The first kappa shape index (κ1) is 14.0. The molecule has 0 saturated heterocycles. The lowest BCUT2D eigenvalue weighted by atomic mass is 10.2. The summed E-state index contributed by atoms with van der Waals surface area (Å²) >= 11 is 0. The summed E-state index contributed by atoms with van der Waals surface area (Å²) in [5.41, 5.74) is 1.08. The number of H-pyrrole nitrogens is 1. The average molecular weight is 274 g/mol. The maximum atomic E-state index is 12.1. The third-order valence-electron chi connectivity index (χ3n) is 2.86. The number of para-hydroxylation sites is 1. The van der Waals surface area contributed by atoms with Crippen molar-refractivity contribution in [3.63, 3.8) is 0 Å². The molecule has 0 spiro atoms. The van der Waals surface area contributed by atoms with Crippen LogP contribution in [0.5, 0.6) is 0 Å². The number of benzene rings is 1. The predicted octanol–water partition coefficient (Wildman–Crippen LogP) is 1.21. The first-order valence-corrected chi connectivity index (χ1v) is 6.53. The van der Waals surface area contributed by atoms with E-state index >= 15 is 0 Å². The molecular formula is C14H18N4O2. The second-order valence-electron chi connectivity index (χ2n) is 4.98. The summed E-state index contributed by atoms with van der Waals surface area (Å²) < 4.78 is 0. The zero-order valence-electron chi connectivity index (χ0n) is 11.7. The summed E-state index contributed by atoms with van der Waals surface area (Å²) in [6.07, 6.45) is 0. The number of fused-ring (bicyclic) bond motifs is 1. The fourth-order valence-corrected chi connectivity index (χ4v) is 1.88. The van der Waals surface area contributed by atoms with Gasteiger partial charge in [-0.1, -0.05) is 18.2 Å². The minimum Gasteiger partial charge on any atom is -0.352 e. The smallest absolute Gasteiger partial charge is 0.273 e. The monoisotopic (exact) mass is 274 g/mol. The van der Waals surface area contributed by atoms with Crippen LogP contribution in [-0.2, 0) is 4.79 Å². The van der Waals surface area contributed by atoms with Crippen LogP contribution in [0.4, 0.5) is 0 Å². The molecule has 0 saturated carbocycles. The van der Waals surface area contributed by atoms with Crippen LogP contribution < -0.4 is 10.6 Å². The van der Waals surface area contributed by atoms with Gasteiger partial charge in [0.05, 0.1) is 5.52 Å². The highest BCUT2D eigenvalue weighted by Gasteiger charge is 2.20. The Labute approximate surface area is 116 Å². The van der Waals surface area contributed by atoms with Gasteiger partial charge in [0.25, 0.3) is 5.91 Å². The van der Waals surface area contributed by atoms with Crippen LogP contribution in [0.15, 0.2) is 24.3 Å². The Balaban J connectivity index is 2.10. The average Bonchev–Trinajstić information content (AvgIpc) is 2.81. The minimum absolute atomic E-state index is 0.0352. The second kappa shape index (κ2) is 5.73. The number of hydrogen-bond acceptors (Lipinski definition) is 3. The Morgan fingerprint density at radius 2 is 1.85 bits per heavy atom. The van der Waals surface area contributed by atoms with Crippen LogP contribution in [0.1, 0.15) is 31.3 Å². The van der Waals surface area contributed by atoms with E-state index in [-0.39, 0.29) is 17.9 Å².